The van der Waals surface area contributed by atoms with Crippen LogP contribution >= 0.6 is 11.3 Å². The summed E-state index contributed by atoms with van der Waals surface area (Å²) in [6.07, 6.45) is 3.44. The molecule has 2 aliphatic rings. The molecule has 2 fully saturated rings. The first kappa shape index (κ1) is 22.7. The highest BCUT2D eigenvalue weighted by atomic mass is 32.1. The molecule has 0 aliphatic carbocycles. The van der Waals surface area contributed by atoms with Crippen molar-refractivity contribution in [1.29, 1.82) is 0 Å². The summed E-state index contributed by atoms with van der Waals surface area (Å²) in [6.45, 7) is 4.91. The molecule has 5 rings (SSSR count). The fraction of sp³-hybridized carbons (Fsp3) is 0.370. The van der Waals surface area contributed by atoms with Crippen LogP contribution in [-0.2, 0) is 4.79 Å². The van der Waals surface area contributed by atoms with Crippen LogP contribution in [0.1, 0.15) is 28.9 Å². The molecule has 0 N–H and O–H groups in total. The van der Waals surface area contributed by atoms with Crippen molar-refractivity contribution in [3.63, 3.8) is 0 Å². The Labute approximate surface area is 204 Å². The number of piperidine rings is 1. The summed E-state index contributed by atoms with van der Waals surface area (Å²) >= 11 is 1.46. The van der Waals surface area contributed by atoms with E-state index in [1.54, 1.807) is 0 Å². The molecule has 3 heterocycles. The molecule has 0 atom stereocenters. The highest BCUT2D eigenvalue weighted by molar-refractivity contribution is 7.17. The first-order valence-electron chi connectivity index (χ1n) is 12.1. The van der Waals surface area contributed by atoms with Gasteiger partial charge in [-0.2, -0.15) is 0 Å². The van der Waals surface area contributed by atoms with Crippen molar-refractivity contribution >= 4 is 23.2 Å². The molecule has 34 heavy (non-hydrogen) atoms. The van der Waals surface area contributed by atoms with Gasteiger partial charge in [-0.3, -0.25) is 14.5 Å². The molecular formula is C27H30N4O2S. The smallest absolute Gasteiger partial charge is 0.266 e. The highest BCUT2D eigenvalue weighted by Gasteiger charge is 2.29. The summed E-state index contributed by atoms with van der Waals surface area (Å²) in [5.41, 5.74) is 2.72. The highest BCUT2D eigenvalue weighted by Crippen LogP contribution is 2.34. The molecule has 0 saturated carbocycles. The van der Waals surface area contributed by atoms with Crippen LogP contribution in [0.25, 0.3) is 21.8 Å². The molecule has 0 spiro atoms. The minimum atomic E-state index is 0.0283. The van der Waals surface area contributed by atoms with Crippen molar-refractivity contribution < 1.29 is 9.59 Å². The number of aromatic nitrogens is 1. The number of piperazine rings is 1. The minimum Gasteiger partial charge on any atom is -0.342 e. The van der Waals surface area contributed by atoms with E-state index in [4.69, 9.17) is 4.98 Å². The maximum atomic E-state index is 13.6. The van der Waals surface area contributed by atoms with E-state index in [1.165, 1.54) is 17.8 Å². The summed E-state index contributed by atoms with van der Waals surface area (Å²) < 4.78 is 0. The van der Waals surface area contributed by atoms with Crippen molar-refractivity contribution in [3.05, 3.63) is 65.5 Å². The lowest BCUT2D eigenvalue weighted by Crippen LogP contribution is -2.52. The predicted molar refractivity (Wildman–Crippen MR) is 136 cm³/mol. The Morgan fingerprint density at radius 3 is 2.00 bits per heavy atom. The summed E-state index contributed by atoms with van der Waals surface area (Å²) in [7, 11) is 0. The van der Waals surface area contributed by atoms with Crippen LogP contribution in [0.3, 0.4) is 0 Å². The zero-order valence-corrected chi connectivity index (χ0v) is 20.2. The maximum absolute atomic E-state index is 13.6. The van der Waals surface area contributed by atoms with Crippen molar-refractivity contribution in [2.75, 3.05) is 45.8 Å². The second-order valence-corrected chi connectivity index (χ2v) is 9.94. The molecule has 7 heteroatoms. The average Bonchev–Trinajstić information content (AvgIpc) is 3.36. The molecular weight excluding hydrogens is 444 g/mol. The second-order valence-electron chi connectivity index (χ2n) is 8.94. The molecule has 2 amide bonds. The Bertz CT molecular complexity index is 1120. The Balaban J connectivity index is 1.30. The molecule has 2 aromatic carbocycles. The van der Waals surface area contributed by atoms with E-state index in [-0.39, 0.29) is 11.8 Å². The fourth-order valence-electron chi connectivity index (χ4n) is 4.65. The SMILES string of the molecule is O=C(CN1CCN(C(=O)c2sc(-c3ccccc3)nc2-c2ccccc2)CC1)N1CCCCC1. The third kappa shape index (κ3) is 5.05. The van der Waals surface area contributed by atoms with Crippen LogP contribution in [0.5, 0.6) is 0 Å². The molecule has 2 saturated heterocycles. The topological polar surface area (TPSA) is 56.8 Å². The van der Waals surface area contributed by atoms with Gasteiger partial charge in [-0.25, -0.2) is 4.98 Å². The number of hydrogen-bond acceptors (Lipinski definition) is 5. The van der Waals surface area contributed by atoms with Gasteiger partial charge in [-0.05, 0) is 19.3 Å². The number of carbonyl (C=O) groups excluding carboxylic acids is 2. The van der Waals surface area contributed by atoms with Gasteiger partial charge in [-0.15, -0.1) is 11.3 Å². The van der Waals surface area contributed by atoms with E-state index in [0.29, 0.717) is 24.5 Å². The minimum absolute atomic E-state index is 0.0283. The van der Waals surface area contributed by atoms with Gasteiger partial charge in [0.25, 0.3) is 5.91 Å². The van der Waals surface area contributed by atoms with E-state index < -0.39 is 0 Å². The van der Waals surface area contributed by atoms with Gasteiger partial charge in [0, 0.05) is 50.4 Å². The Kier molecular flexibility index (Phi) is 7.02. The summed E-state index contributed by atoms with van der Waals surface area (Å²) in [5.74, 6) is 0.251. The average molecular weight is 475 g/mol. The third-order valence-corrected chi connectivity index (χ3v) is 7.71. The Morgan fingerprint density at radius 2 is 1.35 bits per heavy atom. The first-order valence-corrected chi connectivity index (χ1v) is 12.9. The quantitative estimate of drug-likeness (QED) is 0.555. The summed E-state index contributed by atoms with van der Waals surface area (Å²) in [4.78, 5) is 37.9. The first-order chi connectivity index (χ1) is 16.7. The number of nitrogens with zero attached hydrogens (tertiary/aromatic N) is 4. The number of likely N-dealkylation sites (tertiary alicyclic amines) is 1. The van der Waals surface area contributed by atoms with Crippen LogP contribution in [0.2, 0.25) is 0 Å². The molecule has 2 aliphatic heterocycles. The van der Waals surface area contributed by atoms with E-state index in [9.17, 15) is 9.59 Å². The zero-order valence-electron chi connectivity index (χ0n) is 19.4. The standard InChI is InChI=1S/C27H30N4O2S/c32-23(30-14-8-3-9-15-30)20-29-16-18-31(19-17-29)27(33)25-24(21-10-4-1-5-11-21)28-26(34-25)22-12-6-2-7-13-22/h1-2,4-7,10-13H,3,8-9,14-20H2. The molecule has 0 bridgehead atoms. The monoisotopic (exact) mass is 474 g/mol. The van der Waals surface area contributed by atoms with Crippen LogP contribution < -0.4 is 0 Å². The number of carbonyl (C=O) groups is 2. The predicted octanol–water partition coefficient (Wildman–Crippen LogP) is 4.25. The van der Waals surface area contributed by atoms with E-state index in [2.05, 4.69) is 4.90 Å². The largest absolute Gasteiger partial charge is 0.342 e. The number of rotatable bonds is 5. The number of hydrogen-bond donors (Lipinski definition) is 0. The Morgan fingerprint density at radius 1 is 0.735 bits per heavy atom. The number of thiazole rings is 1. The summed E-state index contributed by atoms with van der Waals surface area (Å²) in [6, 6.07) is 20.0. The number of amides is 2. The Hall–Kier alpha value is -3.03. The summed E-state index contributed by atoms with van der Waals surface area (Å²) in [5, 5.41) is 0.855. The molecule has 6 nitrogen and oxygen atoms in total. The van der Waals surface area contributed by atoms with Gasteiger partial charge in [0.2, 0.25) is 5.91 Å². The van der Waals surface area contributed by atoms with Gasteiger partial charge >= 0.3 is 0 Å². The molecule has 3 aromatic rings. The van der Waals surface area contributed by atoms with Crippen LogP contribution in [0.4, 0.5) is 0 Å². The van der Waals surface area contributed by atoms with Crippen LogP contribution in [0.15, 0.2) is 60.7 Å². The lowest BCUT2D eigenvalue weighted by Gasteiger charge is -2.36. The lowest BCUT2D eigenvalue weighted by molar-refractivity contribution is -0.133. The normalized spacial score (nSPS) is 17.1. The van der Waals surface area contributed by atoms with E-state index in [0.717, 1.165) is 60.8 Å². The third-order valence-electron chi connectivity index (χ3n) is 6.62. The van der Waals surface area contributed by atoms with Crippen molar-refractivity contribution in [2.24, 2.45) is 0 Å². The lowest BCUT2D eigenvalue weighted by atomic mass is 10.1. The van der Waals surface area contributed by atoms with Gasteiger partial charge in [0.15, 0.2) is 0 Å². The zero-order chi connectivity index (χ0) is 23.3. The van der Waals surface area contributed by atoms with E-state index >= 15 is 0 Å². The van der Waals surface area contributed by atoms with Gasteiger partial charge < -0.3 is 9.80 Å². The fourth-order valence-corrected chi connectivity index (χ4v) is 5.71. The number of benzene rings is 2. The van der Waals surface area contributed by atoms with Crippen molar-refractivity contribution in [2.45, 2.75) is 19.3 Å². The van der Waals surface area contributed by atoms with Crippen LogP contribution in [0, 0.1) is 0 Å². The maximum Gasteiger partial charge on any atom is 0.266 e. The van der Waals surface area contributed by atoms with Gasteiger partial charge in [-0.1, -0.05) is 60.7 Å². The van der Waals surface area contributed by atoms with E-state index in [1.807, 2.05) is 70.5 Å². The van der Waals surface area contributed by atoms with Crippen LogP contribution in [-0.4, -0.2) is 77.3 Å². The molecule has 0 unspecified atom stereocenters. The van der Waals surface area contributed by atoms with Crippen molar-refractivity contribution in [3.8, 4) is 21.8 Å². The van der Waals surface area contributed by atoms with Crippen molar-refractivity contribution in [1.82, 2.24) is 19.7 Å². The van der Waals surface area contributed by atoms with Gasteiger partial charge in [0.1, 0.15) is 9.88 Å². The second kappa shape index (κ2) is 10.5. The molecule has 0 radical (unpaired) electrons. The molecule has 1 aromatic heterocycles. The molecule has 176 valence electrons. The van der Waals surface area contributed by atoms with Gasteiger partial charge in [0.05, 0.1) is 12.2 Å².